The summed E-state index contributed by atoms with van der Waals surface area (Å²) in [5.41, 5.74) is -1.74. The summed E-state index contributed by atoms with van der Waals surface area (Å²) in [7, 11) is 0. The van der Waals surface area contributed by atoms with Crippen LogP contribution in [0.2, 0.25) is 0 Å². The Morgan fingerprint density at radius 3 is 2.51 bits per heavy atom. The van der Waals surface area contributed by atoms with Gasteiger partial charge in [-0.1, -0.05) is 12.1 Å². The molecule has 0 spiro atoms. The summed E-state index contributed by atoms with van der Waals surface area (Å²) in [4.78, 5) is 28.3. The van der Waals surface area contributed by atoms with Crippen LogP contribution in [0.25, 0.3) is 22.4 Å². The first-order chi connectivity index (χ1) is 16.4. The lowest BCUT2D eigenvalue weighted by molar-refractivity contribution is -0.274. The van der Waals surface area contributed by atoms with Crippen molar-refractivity contribution in [3.63, 3.8) is 0 Å². The van der Waals surface area contributed by atoms with E-state index in [2.05, 4.69) is 24.6 Å². The van der Waals surface area contributed by atoms with Crippen molar-refractivity contribution in [2.75, 3.05) is 5.32 Å². The Balaban J connectivity index is 1.73. The van der Waals surface area contributed by atoms with E-state index in [1.54, 1.807) is 6.92 Å². The largest absolute Gasteiger partial charge is 0.573 e. The number of halogens is 6. The van der Waals surface area contributed by atoms with Crippen molar-refractivity contribution in [3.8, 4) is 17.2 Å². The highest BCUT2D eigenvalue weighted by molar-refractivity contribution is 6.04. The lowest BCUT2D eigenvalue weighted by Crippen LogP contribution is -2.18. The molecule has 0 aliphatic rings. The Morgan fingerprint density at radius 1 is 1.14 bits per heavy atom. The van der Waals surface area contributed by atoms with Gasteiger partial charge in [0.1, 0.15) is 5.75 Å². The summed E-state index contributed by atoms with van der Waals surface area (Å²) in [6.07, 6.45) is -10.3. The van der Waals surface area contributed by atoms with Crippen molar-refractivity contribution in [2.45, 2.75) is 26.0 Å². The minimum atomic E-state index is -5.20. The third-order valence-corrected chi connectivity index (χ3v) is 4.79. The van der Waals surface area contributed by atoms with Gasteiger partial charge >= 0.3 is 12.5 Å². The summed E-state index contributed by atoms with van der Waals surface area (Å²) in [5.74, 6) is -4.95. The van der Waals surface area contributed by atoms with Crippen LogP contribution in [0.5, 0.6) is 5.75 Å². The van der Waals surface area contributed by atoms with E-state index in [9.17, 15) is 35.9 Å². The summed E-state index contributed by atoms with van der Waals surface area (Å²) >= 11 is 0. The molecule has 1 amide bonds. The Labute approximate surface area is 191 Å². The monoisotopic (exact) mass is 500 g/mol. The maximum Gasteiger partial charge on any atom is 0.573 e. The second-order valence-corrected chi connectivity index (χ2v) is 7.11. The van der Waals surface area contributed by atoms with Gasteiger partial charge in [0, 0.05) is 12.2 Å². The van der Waals surface area contributed by atoms with Crippen LogP contribution in [0.3, 0.4) is 0 Å². The maximum atomic E-state index is 13.6. The van der Waals surface area contributed by atoms with E-state index < -0.39 is 52.7 Å². The molecule has 4 rings (SSSR count). The van der Waals surface area contributed by atoms with Crippen LogP contribution in [-0.2, 0) is 12.7 Å². The number of aromatic amines is 1. The molecule has 184 valence electrons. The van der Waals surface area contributed by atoms with Crippen LogP contribution in [0, 0.1) is 0 Å². The molecule has 4 aromatic rings. The van der Waals surface area contributed by atoms with Crippen LogP contribution < -0.4 is 15.6 Å². The van der Waals surface area contributed by atoms with Gasteiger partial charge in [0.2, 0.25) is 11.7 Å². The summed E-state index contributed by atoms with van der Waals surface area (Å²) < 4.78 is 88.9. The molecule has 0 saturated carbocycles. The molecule has 0 atom stereocenters. The second kappa shape index (κ2) is 8.52. The van der Waals surface area contributed by atoms with E-state index in [4.69, 9.17) is 0 Å². The Kier molecular flexibility index (Phi) is 5.82. The first kappa shape index (κ1) is 23.9. The predicted molar refractivity (Wildman–Crippen MR) is 110 cm³/mol. The van der Waals surface area contributed by atoms with Crippen molar-refractivity contribution in [3.05, 3.63) is 64.3 Å². The van der Waals surface area contributed by atoms with E-state index >= 15 is 0 Å². The van der Waals surface area contributed by atoms with Gasteiger partial charge in [-0.3, -0.25) is 19.4 Å². The molecule has 0 aliphatic heterocycles. The van der Waals surface area contributed by atoms with Crippen LogP contribution in [0.1, 0.15) is 23.2 Å². The molecule has 8 nitrogen and oxygen atoms in total. The lowest BCUT2D eigenvalue weighted by atomic mass is 10.2. The number of para-hydroxylation sites is 1. The molecule has 0 radical (unpaired) electrons. The highest BCUT2D eigenvalue weighted by atomic mass is 19.4. The number of oxazole rings is 1. The molecule has 0 saturated heterocycles. The number of carbonyl (C=O) groups is 1. The van der Waals surface area contributed by atoms with Gasteiger partial charge in [-0.25, -0.2) is 4.98 Å². The molecular weight excluding hydrogens is 486 g/mol. The van der Waals surface area contributed by atoms with Crippen molar-refractivity contribution in [1.82, 2.24) is 14.8 Å². The number of carbonyl (C=O) groups excluding carboxylic acids is 1. The fourth-order valence-electron chi connectivity index (χ4n) is 3.35. The fraction of sp³-hybridized carbons (Fsp3) is 0.190. The number of aromatic nitrogens is 3. The summed E-state index contributed by atoms with van der Waals surface area (Å²) in [5, 5.41) is 4.95. The van der Waals surface area contributed by atoms with E-state index in [1.165, 1.54) is 28.9 Å². The topological polar surface area (TPSA) is 102 Å². The standard InChI is InChI=1S/C21H14F6N4O4/c1-2-31-13-8-7-10(9-12(13)17(32)30-31)28-18(33)15-16(20(22,23)24)34-19(29-15)11-5-3-4-6-14(11)35-21(25,26)27/h3-9H,2H2,1H3,(H,28,33)(H,30,32). The molecule has 2 aromatic carbocycles. The predicted octanol–water partition coefficient (Wildman–Crippen LogP) is 5.17. The number of nitrogens with zero attached hydrogens (tertiary/aromatic N) is 2. The zero-order valence-corrected chi connectivity index (χ0v) is 17.5. The zero-order chi connectivity index (χ0) is 25.5. The average molecular weight is 500 g/mol. The fourth-order valence-corrected chi connectivity index (χ4v) is 3.35. The molecular formula is C21H14F6N4O4. The molecule has 2 aromatic heterocycles. The molecule has 0 aliphatic carbocycles. The Hall–Kier alpha value is -4.23. The normalized spacial score (nSPS) is 12.2. The number of nitrogens with one attached hydrogen (secondary N) is 2. The van der Waals surface area contributed by atoms with Gasteiger partial charge in [-0.2, -0.15) is 13.2 Å². The number of benzene rings is 2. The highest BCUT2D eigenvalue weighted by Gasteiger charge is 2.42. The second-order valence-electron chi connectivity index (χ2n) is 7.11. The van der Waals surface area contributed by atoms with Gasteiger partial charge in [0.15, 0.2) is 5.69 Å². The smallest absolute Gasteiger partial charge is 0.431 e. The third-order valence-electron chi connectivity index (χ3n) is 4.79. The van der Waals surface area contributed by atoms with Gasteiger partial charge in [0.05, 0.1) is 16.5 Å². The van der Waals surface area contributed by atoms with Crippen LogP contribution in [0.15, 0.2) is 51.7 Å². The number of hydrogen-bond donors (Lipinski definition) is 2. The number of rotatable bonds is 5. The minimum absolute atomic E-state index is 0.0136. The number of amides is 1. The summed E-state index contributed by atoms with van der Waals surface area (Å²) in [6.45, 7) is 2.23. The van der Waals surface area contributed by atoms with Crippen molar-refractivity contribution in [2.24, 2.45) is 0 Å². The van der Waals surface area contributed by atoms with Crippen molar-refractivity contribution >= 4 is 22.5 Å². The first-order valence-corrected chi connectivity index (χ1v) is 9.84. The average Bonchev–Trinajstić information content (AvgIpc) is 3.35. The van der Waals surface area contributed by atoms with Crippen LogP contribution in [-0.4, -0.2) is 27.0 Å². The first-order valence-electron chi connectivity index (χ1n) is 9.84. The number of fused-ring (bicyclic) bond motifs is 1. The van der Waals surface area contributed by atoms with Gasteiger partial charge in [-0.15, -0.1) is 13.2 Å². The Bertz CT molecular complexity index is 1470. The molecule has 0 fully saturated rings. The molecule has 2 heterocycles. The van der Waals surface area contributed by atoms with Gasteiger partial charge in [-0.05, 0) is 37.3 Å². The minimum Gasteiger partial charge on any atom is -0.431 e. The zero-order valence-electron chi connectivity index (χ0n) is 17.5. The SMILES string of the molecule is CCn1[nH]c(=O)c2cc(NC(=O)c3nc(-c4ccccc4OC(F)(F)F)oc3C(F)(F)F)ccc21. The van der Waals surface area contributed by atoms with E-state index in [0.29, 0.717) is 12.1 Å². The number of hydrogen-bond acceptors (Lipinski definition) is 5. The molecule has 2 N–H and O–H groups in total. The Morgan fingerprint density at radius 2 is 1.86 bits per heavy atom. The van der Waals surface area contributed by atoms with Crippen LogP contribution >= 0.6 is 0 Å². The molecule has 35 heavy (non-hydrogen) atoms. The third kappa shape index (κ3) is 4.85. The number of anilines is 1. The van der Waals surface area contributed by atoms with E-state index in [0.717, 1.165) is 18.2 Å². The van der Waals surface area contributed by atoms with Crippen molar-refractivity contribution < 1.29 is 40.3 Å². The molecule has 14 heteroatoms. The summed E-state index contributed by atoms with van der Waals surface area (Å²) in [6, 6.07) is 8.35. The highest BCUT2D eigenvalue weighted by Crippen LogP contribution is 2.39. The van der Waals surface area contributed by atoms with E-state index in [1.807, 2.05) is 0 Å². The number of aryl methyl sites for hydroxylation is 1. The number of ether oxygens (including phenoxy) is 1. The van der Waals surface area contributed by atoms with Gasteiger partial charge in [0.25, 0.3) is 11.5 Å². The quantitative estimate of drug-likeness (QED) is 0.368. The van der Waals surface area contributed by atoms with Gasteiger partial charge < -0.3 is 14.5 Å². The number of H-pyrrole nitrogens is 1. The van der Waals surface area contributed by atoms with E-state index in [-0.39, 0.29) is 11.1 Å². The maximum absolute atomic E-state index is 13.6. The number of alkyl halides is 6. The van der Waals surface area contributed by atoms with Crippen molar-refractivity contribution in [1.29, 1.82) is 0 Å². The van der Waals surface area contributed by atoms with Crippen LogP contribution in [0.4, 0.5) is 32.0 Å². The molecule has 0 bridgehead atoms. The molecule has 0 unspecified atom stereocenters. The lowest BCUT2D eigenvalue weighted by Gasteiger charge is -2.11.